The molecule has 0 fully saturated rings. The van der Waals surface area contributed by atoms with Crippen LogP contribution in [0.4, 0.5) is 5.69 Å². The van der Waals surface area contributed by atoms with Gasteiger partial charge in [0, 0.05) is 54.9 Å². The third-order valence-electron chi connectivity index (χ3n) is 6.72. The first-order valence-electron chi connectivity index (χ1n) is 13.4. The summed E-state index contributed by atoms with van der Waals surface area (Å²) in [6, 6.07) is 19.2. The van der Waals surface area contributed by atoms with E-state index in [4.69, 9.17) is 10.5 Å². The van der Waals surface area contributed by atoms with Gasteiger partial charge in [-0.3, -0.25) is 14.6 Å². The van der Waals surface area contributed by atoms with E-state index in [1.165, 1.54) is 0 Å². The molecule has 4 rings (SSSR count). The van der Waals surface area contributed by atoms with Crippen LogP contribution < -0.4 is 20.9 Å². The molecule has 2 heterocycles. The van der Waals surface area contributed by atoms with Gasteiger partial charge in [0.25, 0.3) is 5.56 Å². The predicted molar refractivity (Wildman–Crippen MR) is 167 cm³/mol. The number of carbonyl (C=O) groups is 1. The van der Waals surface area contributed by atoms with Crippen LogP contribution in [0.3, 0.4) is 0 Å². The molecule has 0 aliphatic rings. The van der Waals surface area contributed by atoms with Crippen LogP contribution in [-0.4, -0.2) is 35.2 Å². The van der Waals surface area contributed by atoms with E-state index >= 15 is 0 Å². The number of aromatic nitrogens is 2. The molecule has 7 nitrogen and oxygen atoms in total. The maximum atomic E-state index is 12.9. The van der Waals surface area contributed by atoms with Crippen LogP contribution in [0.2, 0.25) is 0 Å². The Morgan fingerprint density at radius 1 is 0.975 bits per heavy atom. The van der Waals surface area contributed by atoms with Crippen LogP contribution in [0, 0.1) is 0 Å². The number of aryl methyl sites for hydroxylation is 2. The van der Waals surface area contributed by atoms with E-state index in [0.717, 1.165) is 73.0 Å². The number of hydrogen-bond donors (Lipinski definition) is 1. The number of halogens is 2. The average molecular weight is 586 g/mol. The van der Waals surface area contributed by atoms with Gasteiger partial charge in [-0.15, -0.1) is 24.8 Å². The molecule has 9 heteroatoms. The van der Waals surface area contributed by atoms with Gasteiger partial charge in [-0.1, -0.05) is 31.5 Å². The first kappa shape index (κ1) is 32.7. The van der Waals surface area contributed by atoms with E-state index in [0.29, 0.717) is 18.7 Å². The number of anilines is 1. The fourth-order valence-corrected chi connectivity index (χ4v) is 4.68. The third-order valence-corrected chi connectivity index (χ3v) is 6.72. The van der Waals surface area contributed by atoms with Crippen molar-refractivity contribution in [3.8, 4) is 5.75 Å². The number of benzene rings is 2. The van der Waals surface area contributed by atoms with Crippen LogP contribution in [-0.2, 0) is 13.0 Å². The van der Waals surface area contributed by atoms with Gasteiger partial charge in [0.2, 0.25) is 5.91 Å². The van der Waals surface area contributed by atoms with Gasteiger partial charge >= 0.3 is 0 Å². The SMILES string of the molecule is CCCCc1cc(OCCCN(CCCn2ccc3ccccc3c2=O)c2ccncc2)ccc1C(N)=O.Cl.Cl. The number of nitrogens with two attached hydrogens (primary N) is 1. The second kappa shape index (κ2) is 16.5. The van der Waals surface area contributed by atoms with Crippen LogP contribution in [0.5, 0.6) is 5.75 Å². The smallest absolute Gasteiger partial charge is 0.258 e. The van der Waals surface area contributed by atoms with Crippen molar-refractivity contribution in [3.63, 3.8) is 0 Å². The largest absolute Gasteiger partial charge is 0.494 e. The molecule has 0 saturated heterocycles. The Hall–Kier alpha value is -3.55. The Morgan fingerprint density at radius 3 is 2.48 bits per heavy atom. The van der Waals surface area contributed by atoms with Gasteiger partial charge in [0.15, 0.2) is 0 Å². The standard InChI is InChI=1S/C31H36N4O3.2ClH/c1-2-3-8-25-23-27(11-12-28(25)30(32)36)38-22-7-20-34(26-13-16-33-17-14-26)18-6-19-35-21-15-24-9-4-5-10-29(24)31(35)37;;/h4-5,9-17,21,23H,2-3,6-8,18-20,22H2,1H3,(H2,32,36);2*1H. The van der Waals surface area contributed by atoms with Gasteiger partial charge < -0.3 is 19.9 Å². The molecule has 214 valence electrons. The Bertz CT molecular complexity index is 1410. The minimum absolute atomic E-state index is 0. The summed E-state index contributed by atoms with van der Waals surface area (Å²) in [4.78, 5) is 31.1. The molecule has 0 atom stereocenters. The number of carbonyl (C=O) groups excluding carboxylic acids is 1. The van der Waals surface area contributed by atoms with E-state index in [9.17, 15) is 9.59 Å². The molecule has 0 spiro atoms. The number of unbranched alkanes of at least 4 members (excludes halogenated alkanes) is 1. The number of nitrogens with zero attached hydrogens (tertiary/aromatic N) is 3. The predicted octanol–water partition coefficient (Wildman–Crippen LogP) is 6.05. The van der Waals surface area contributed by atoms with Gasteiger partial charge in [-0.25, -0.2) is 0 Å². The molecular weight excluding hydrogens is 547 g/mol. The lowest BCUT2D eigenvalue weighted by Crippen LogP contribution is -2.29. The van der Waals surface area contributed by atoms with Crippen LogP contribution >= 0.6 is 24.8 Å². The summed E-state index contributed by atoms with van der Waals surface area (Å²) in [5, 5.41) is 1.72. The van der Waals surface area contributed by atoms with Crippen molar-refractivity contribution in [2.75, 3.05) is 24.6 Å². The number of amides is 1. The van der Waals surface area contributed by atoms with Gasteiger partial charge in [0.05, 0.1) is 6.61 Å². The second-order valence-electron chi connectivity index (χ2n) is 9.44. The molecular formula is C31H38Cl2N4O3. The highest BCUT2D eigenvalue weighted by Crippen LogP contribution is 2.21. The van der Waals surface area contributed by atoms with Crippen molar-refractivity contribution in [2.24, 2.45) is 5.73 Å². The molecule has 0 aliphatic heterocycles. The van der Waals surface area contributed by atoms with Crippen molar-refractivity contribution in [2.45, 2.75) is 45.6 Å². The Morgan fingerprint density at radius 2 is 1.73 bits per heavy atom. The molecule has 0 bridgehead atoms. The van der Waals surface area contributed by atoms with Crippen molar-refractivity contribution < 1.29 is 9.53 Å². The fraction of sp³-hybridized carbons (Fsp3) is 0.323. The van der Waals surface area contributed by atoms with E-state index in [-0.39, 0.29) is 30.4 Å². The van der Waals surface area contributed by atoms with Gasteiger partial charge in [-0.2, -0.15) is 0 Å². The lowest BCUT2D eigenvalue weighted by atomic mass is 10.0. The van der Waals surface area contributed by atoms with Crippen molar-refractivity contribution in [3.05, 3.63) is 101 Å². The number of rotatable bonds is 14. The number of primary amides is 1. The molecule has 4 aromatic rings. The van der Waals surface area contributed by atoms with E-state index in [1.54, 1.807) is 23.0 Å². The highest BCUT2D eigenvalue weighted by atomic mass is 35.5. The molecule has 2 aromatic carbocycles. The summed E-state index contributed by atoms with van der Waals surface area (Å²) < 4.78 is 7.84. The van der Waals surface area contributed by atoms with E-state index in [2.05, 4.69) is 16.8 Å². The van der Waals surface area contributed by atoms with Crippen molar-refractivity contribution in [1.29, 1.82) is 0 Å². The molecule has 1 amide bonds. The minimum Gasteiger partial charge on any atom is -0.494 e. The summed E-state index contributed by atoms with van der Waals surface area (Å²) in [6.45, 7) is 4.93. The first-order chi connectivity index (χ1) is 18.6. The fourth-order valence-electron chi connectivity index (χ4n) is 4.68. The zero-order valence-corrected chi connectivity index (χ0v) is 24.5. The maximum absolute atomic E-state index is 12.9. The topological polar surface area (TPSA) is 90.4 Å². The lowest BCUT2D eigenvalue weighted by molar-refractivity contribution is 0.0999. The summed E-state index contributed by atoms with van der Waals surface area (Å²) >= 11 is 0. The average Bonchev–Trinajstić information content (AvgIpc) is 2.94. The van der Waals surface area contributed by atoms with Gasteiger partial charge in [-0.05, 0) is 79.1 Å². The highest BCUT2D eigenvalue weighted by Gasteiger charge is 2.11. The molecule has 0 saturated carbocycles. The van der Waals surface area contributed by atoms with Gasteiger partial charge in [0.1, 0.15) is 5.75 Å². The zero-order valence-electron chi connectivity index (χ0n) is 22.8. The molecule has 0 unspecified atom stereocenters. The van der Waals surface area contributed by atoms with Crippen LogP contribution in [0.1, 0.15) is 48.5 Å². The Labute approximate surface area is 248 Å². The normalized spacial score (nSPS) is 10.4. The van der Waals surface area contributed by atoms with E-state index in [1.807, 2.05) is 60.8 Å². The number of pyridine rings is 2. The summed E-state index contributed by atoms with van der Waals surface area (Å²) in [5.41, 5.74) is 8.21. The second-order valence-corrected chi connectivity index (χ2v) is 9.44. The van der Waals surface area contributed by atoms with E-state index < -0.39 is 5.91 Å². The summed E-state index contributed by atoms with van der Waals surface area (Å²) in [6.07, 6.45) is 9.97. The summed E-state index contributed by atoms with van der Waals surface area (Å²) in [5.74, 6) is 0.355. The third kappa shape index (κ3) is 8.73. The number of hydrogen-bond acceptors (Lipinski definition) is 5. The molecule has 2 N–H and O–H groups in total. The highest BCUT2D eigenvalue weighted by molar-refractivity contribution is 5.94. The van der Waals surface area contributed by atoms with Crippen LogP contribution in [0.15, 0.2) is 84.0 Å². The summed E-state index contributed by atoms with van der Waals surface area (Å²) in [7, 11) is 0. The maximum Gasteiger partial charge on any atom is 0.258 e. The monoisotopic (exact) mass is 584 g/mol. The van der Waals surface area contributed by atoms with Crippen molar-refractivity contribution >= 4 is 47.2 Å². The van der Waals surface area contributed by atoms with Crippen molar-refractivity contribution in [1.82, 2.24) is 9.55 Å². The Balaban J connectivity index is 0.00000280. The number of fused-ring (bicyclic) bond motifs is 1. The molecule has 0 aliphatic carbocycles. The Kier molecular flexibility index (Phi) is 13.5. The zero-order chi connectivity index (χ0) is 26.7. The quantitative estimate of drug-likeness (QED) is 0.182. The minimum atomic E-state index is -0.401. The lowest BCUT2D eigenvalue weighted by Gasteiger charge is -2.25. The molecule has 0 radical (unpaired) electrons. The number of ether oxygens (including phenoxy) is 1. The molecule has 2 aromatic heterocycles. The molecule has 40 heavy (non-hydrogen) atoms. The van der Waals surface area contributed by atoms with Crippen LogP contribution in [0.25, 0.3) is 10.8 Å². The first-order valence-corrected chi connectivity index (χ1v) is 13.4.